The van der Waals surface area contributed by atoms with Gasteiger partial charge in [0.1, 0.15) is 11.0 Å². The number of thioether (sulfide) groups is 1. The molecule has 14 nitrogen and oxygen atoms in total. The number of imide groups is 1. The molecule has 3 atom stereocenters. The molecule has 3 amide bonds. The number of aromatic nitrogens is 1. The summed E-state index contributed by atoms with van der Waals surface area (Å²) in [5.41, 5.74) is 0.712. The maximum atomic E-state index is 14.0. The van der Waals surface area contributed by atoms with Gasteiger partial charge in [0.15, 0.2) is 6.61 Å². The number of benzene rings is 3. The first-order valence-electron chi connectivity index (χ1n) is 13.2. The summed E-state index contributed by atoms with van der Waals surface area (Å²) in [4.78, 5) is 67.3. The van der Waals surface area contributed by atoms with Crippen LogP contribution in [0.1, 0.15) is 16.4 Å². The molecule has 0 spiro atoms. The molecular formula is C28H20BrN5O9S3. The first-order valence-corrected chi connectivity index (χ1v) is 17.2. The Morgan fingerprint density at radius 1 is 1.07 bits per heavy atom. The molecular weight excluding hydrogens is 726 g/mol. The fourth-order valence-electron chi connectivity index (χ4n) is 5.29. The number of primary sulfonamides is 1. The van der Waals surface area contributed by atoms with E-state index in [-0.39, 0.29) is 26.9 Å². The molecule has 236 valence electrons. The molecule has 0 aliphatic carbocycles. The fourth-order valence-corrected chi connectivity index (χ4v) is 8.69. The Labute approximate surface area is 276 Å². The molecule has 4 aromatic rings. The van der Waals surface area contributed by atoms with Gasteiger partial charge in [0.2, 0.25) is 21.8 Å². The van der Waals surface area contributed by atoms with Crippen LogP contribution in [0.5, 0.6) is 5.75 Å². The molecule has 6 rings (SSSR count). The van der Waals surface area contributed by atoms with E-state index in [0.29, 0.717) is 25.6 Å². The van der Waals surface area contributed by atoms with E-state index < -0.39 is 56.4 Å². The first-order chi connectivity index (χ1) is 21.8. The maximum absolute atomic E-state index is 14.0. The number of hydrogen-bond donors (Lipinski definition) is 3. The van der Waals surface area contributed by atoms with Crippen LogP contribution in [0.25, 0.3) is 0 Å². The normalized spacial score (nSPS) is 19.0. The van der Waals surface area contributed by atoms with Crippen LogP contribution in [-0.2, 0) is 24.4 Å². The lowest BCUT2D eigenvalue weighted by molar-refractivity contribution is -0.384. The summed E-state index contributed by atoms with van der Waals surface area (Å²) in [6.45, 7) is -0.473. The fraction of sp³-hybridized carbons (Fsp3) is 0.143. The topological polar surface area (TPSA) is 212 Å². The van der Waals surface area contributed by atoms with E-state index >= 15 is 0 Å². The Hall–Kier alpha value is -4.36. The van der Waals surface area contributed by atoms with Gasteiger partial charge in [-0.25, -0.2) is 18.5 Å². The van der Waals surface area contributed by atoms with Gasteiger partial charge in [0, 0.05) is 38.7 Å². The van der Waals surface area contributed by atoms with Gasteiger partial charge in [-0.2, -0.15) is 0 Å². The number of rotatable bonds is 8. The highest BCUT2D eigenvalue weighted by molar-refractivity contribution is 9.10. The number of H-pyrrole nitrogens is 1. The van der Waals surface area contributed by atoms with Crippen LogP contribution < -0.4 is 25.0 Å². The van der Waals surface area contributed by atoms with Crippen molar-refractivity contribution >= 4 is 83.8 Å². The average Bonchev–Trinajstić information content (AvgIpc) is 3.50. The minimum absolute atomic E-state index is 0.122. The van der Waals surface area contributed by atoms with Gasteiger partial charge in [0.25, 0.3) is 11.6 Å². The number of nitrogens with two attached hydrogens (primary N) is 1. The van der Waals surface area contributed by atoms with Crippen molar-refractivity contribution in [3.8, 4) is 5.75 Å². The van der Waals surface area contributed by atoms with Crippen molar-refractivity contribution in [2.45, 2.75) is 21.1 Å². The van der Waals surface area contributed by atoms with Crippen molar-refractivity contribution in [3.05, 3.63) is 101 Å². The van der Waals surface area contributed by atoms with E-state index in [1.165, 1.54) is 48.5 Å². The molecule has 1 saturated heterocycles. The van der Waals surface area contributed by atoms with Crippen molar-refractivity contribution < 1.29 is 32.5 Å². The van der Waals surface area contributed by atoms with Gasteiger partial charge >= 0.3 is 4.87 Å². The predicted octanol–water partition coefficient (Wildman–Crippen LogP) is 3.57. The number of non-ortho nitro benzene ring substituents is 1. The number of sulfonamides is 1. The summed E-state index contributed by atoms with van der Waals surface area (Å²) in [5.74, 6) is -3.25. The van der Waals surface area contributed by atoms with Gasteiger partial charge in [-0.05, 0) is 54.6 Å². The summed E-state index contributed by atoms with van der Waals surface area (Å²) in [7, 11) is -3.91. The molecule has 2 unspecified atom stereocenters. The summed E-state index contributed by atoms with van der Waals surface area (Å²) >= 11 is 5.41. The number of carbonyl (C=O) groups excluding carboxylic acids is 3. The molecule has 1 aromatic heterocycles. The average molecular weight is 747 g/mol. The van der Waals surface area contributed by atoms with Gasteiger partial charge in [-0.1, -0.05) is 39.0 Å². The lowest BCUT2D eigenvalue weighted by Crippen LogP contribution is -2.32. The molecule has 0 radical (unpaired) electrons. The smallest absolute Gasteiger partial charge is 0.305 e. The van der Waals surface area contributed by atoms with Crippen molar-refractivity contribution in [3.63, 3.8) is 0 Å². The first kappa shape index (κ1) is 31.6. The van der Waals surface area contributed by atoms with E-state index in [2.05, 4.69) is 26.2 Å². The number of fused-ring (bicyclic) bond motifs is 2. The highest BCUT2D eigenvalue weighted by Gasteiger charge is 2.57. The van der Waals surface area contributed by atoms with Crippen molar-refractivity contribution in [1.82, 2.24) is 4.98 Å². The zero-order chi connectivity index (χ0) is 32.9. The molecule has 18 heteroatoms. The summed E-state index contributed by atoms with van der Waals surface area (Å²) in [5, 5.41) is 18.4. The highest BCUT2D eigenvalue weighted by Crippen LogP contribution is 2.54. The van der Waals surface area contributed by atoms with Crippen LogP contribution in [-0.4, -0.2) is 47.9 Å². The minimum atomic E-state index is -3.91. The molecule has 3 heterocycles. The van der Waals surface area contributed by atoms with Gasteiger partial charge in [-0.3, -0.25) is 29.3 Å². The quantitative estimate of drug-likeness (QED) is 0.136. The minimum Gasteiger partial charge on any atom is -0.483 e. The zero-order valence-corrected chi connectivity index (χ0v) is 27.1. The van der Waals surface area contributed by atoms with E-state index in [0.717, 1.165) is 28.0 Å². The third kappa shape index (κ3) is 5.96. The number of nitrogens with zero attached hydrogens (tertiary/aromatic N) is 2. The molecule has 2 aliphatic rings. The molecule has 46 heavy (non-hydrogen) atoms. The largest absolute Gasteiger partial charge is 0.483 e. The number of ether oxygens (including phenoxy) is 1. The summed E-state index contributed by atoms with van der Waals surface area (Å²) in [6, 6.07) is 15.3. The monoisotopic (exact) mass is 745 g/mol. The van der Waals surface area contributed by atoms with Crippen molar-refractivity contribution in [2.24, 2.45) is 11.1 Å². The van der Waals surface area contributed by atoms with Crippen LogP contribution >= 0.6 is 39.0 Å². The number of anilines is 2. The Morgan fingerprint density at radius 2 is 1.76 bits per heavy atom. The number of aromatic amines is 1. The van der Waals surface area contributed by atoms with Gasteiger partial charge in [0.05, 0.1) is 26.5 Å². The van der Waals surface area contributed by atoms with Crippen LogP contribution in [0.2, 0.25) is 0 Å². The van der Waals surface area contributed by atoms with E-state index in [1.54, 1.807) is 18.2 Å². The number of thiazole rings is 1. The number of halogens is 1. The number of nitro groups is 1. The number of amides is 3. The second kappa shape index (κ2) is 12.1. The number of carbonyl (C=O) groups is 3. The summed E-state index contributed by atoms with van der Waals surface area (Å²) in [6.07, 6.45) is 0. The van der Waals surface area contributed by atoms with E-state index in [9.17, 15) is 37.7 Å². The number of nitro benzene ring substituents is 1. The highest BCUT2D eigenvalue weighted by atomic mass is 79.9. The maximum Gasteiger partial charge on any atom is 0.305 e. The standard InChI is InChI=1S/C28H20BrN5O9S3/c29-13-1-10-19(43-12-20(35)31-14-2-8-17(9-3-14)46(30,41)42)18(11-13)21-22-24(44-25-23(21)45-28(38)32-25)27(37)33(26(22)36)15-4-6-16(7-5-15)34(39)40/h1-11,21-22,24H,12H2,(H,31,35)(H,32,38)(H2,30,41,42)/t21-,22?,24?/m1/s1. The molecule has 0 bridgehead atoms. The van der Waals surface area contributed by atoms with E-state index in [1.807, 2.05) is 0 Å². The second-order valence-corrected chi connectivity index (χ2v) is 14.8. The van der Waals surface area contributed by atoms with Crippen LogP contribution in [0.3, 0.4) is 0 Å². The SMILES string of the molecule is NS(=O)(=O)c1ccc(NC(=O)COc2ccc(Br)cc2[C@H]2c3sc(=O)[nH]c3SC3C(=O)N(c4ccc([N+](=O)[O-])cc4)C(=O)C32)cc1. The van der Waals surface area contributed by atoms with Gasteiger partial charge in [-0.15, -0.1) is 0 Å². The number of nitrogens with one attached hydrogen (secondary N) is 2. The zero-order valence-electron chi connectivity index (χ0n) is 23.0. The summed E-state index contributed by atoms with van der Waals surface area (Å²) < 4.78 is 29.5. The Balaban J connectivity index is 1.31. The van der Waals surface area contributed by atoms with Crippen molar-refractivity contribution in [1.29, 1.82) is 0 Å². The van der Waals surface area contributed by atoms with Crippen LogP contribution in [0.15, 0.2) is 85.9 Å². The van der Waals surface area contributed by atoms with Crippen LogP contribution in [0.4, 0.5) is 17.1 Å². The predicted molar refractivity (Wildman–Crippen MR) is 172 cm³/mol. The Kier molecular flexibility index (Phi) is 8.32. The third-order valence-electron chi connectivity index (χ3n) is 7.27. The Morgan fingerprint density at radius 3 is 2.41 bits per heavy atom. The lowest BCUT2D eigenvalue weighted by Gasteiger charge is -2.31. The van der Waals surface area contributed by atoms with Gasteiger partial charge < -0.3 is 15.0 Å². The molecule has 0 saturated carbocycles. The molecule has 2 aliphatic heterocycles. The third-order valence-corrected chi connectivity index (χ3v) is 11.1. The van der Waals surface area contributed by atoms with Crippen molar-refractivity contribution in [2.75, 3.05) is 16.8 Å². The van der Waals surface area contributed by atoms with E-state index in [4.69, 9.17) is 9.88 Å². The Bertz CT molecular complexity index is 2080. The molecule has 4 N–H and O–H groups in total. The lowest BCUT2D eigenvalue weighted by atomic mass is 9.82. The van der Waals surface area contributed by atoms with Crippen LogP contribution in [0, 0.1) is 16.0 Å². The second-order valence-electron chi connectivity index (χ2n) is 10.1. The molecule has 1 fully saturated rings. The molecule has 3 aromatic carbocycles. The number of hydrogen-bond acceptors (Lipinski definition) is 11.